The molecule has 6 heteroatoms. The van der Waals surface area contributed by atoms with Crippen molar-refractivity contribution in [3.63, 3.8) is 0 Å². The molecule has 0 bridgehead atoms. The van der Waals surface area contributed by atoms with Crippen LogP contribution in [0.1, 0.15) is 16.0 Å². The average Bonchev–Trinajstić information content (AvgIpc) is 2.40. The highest BCUT2D eigenvalue weighted by molar-refractivity contribution is 9.10. The predicted molar refractivity (Wildman–Crippen MR) is 77.8 cm³/mol. The van der Waals surface area contributed by atoms with E-state index in [1.165, 1.54) is 25.3 Å². The molecule has 20 heavy (non-hydrogen) atoms. The third-order valence-corrected chi connectivity index (χ3v) is 4.22. The summed E-state index contributed by atoms with van der Waals surface area (Å²) in [7, 11) is 1.31. The highest BCUT2D eigenvalue weighted by atomic mass is 79.9. The maximum absolute atomic E-state index is 14.0. The van der Waals surface area contributed by atoms with Crippen LogP contribution in [0.25, 0.3) is 0 Å². The van der Waals surface area contributed by atoms with Gasteiger partial charge in [0.25, 0.3) is 0 Å². The second-order valence-electron chi connectivity index (χ2n) is 4.03. The second kappa shape index (κ2) is 6.18. The van der Waals surface area contributed by atoms with Crippen molar-refractivity contribution in [2.75, 3.05) is 7.11 Å². The largest absolute Gasteiger partial charge is 0.497 e. The molecule has 0 spiro atoms. The summed E-state index contributed by atoms with van der Waals surface area (Å²) in [5.74, 6) is -2.09. The van der Waals surface area contributed by atoms with Crippen molar-refractivity contribution in [2.45, 2.75) is 4.83 Å². The quantitative estimate of drug-likeness (QED) is 0.620. The Labute approximate surface area is 131 Å². The number of alkyl halides is 1. The Morgan fingerprint density at radius 1 is 1.00 bits per heavy atom. The van der Waals surface area contributed by atoms with Crippen molar-refractivity contribution in [1.29, 1.82) is 0 Å². The first-order valence-electron chi connectivity index (χ1n) is 5.56. The van der Waals surface area contributed by atoms with E-state index in [9.17, 15) is 13.2 Å². The first-order valence-corrected chi connectivity index (χ1v) is 7.27. The van der Waals surface area contributed by atoms with E-state index < -0.39 is 22.3 Å². The minimum atomic E-state index is -0.939. The molecule has 0 aliphatic heterocycles. The Morgan fingerprint density at radius 3 is 2.15 bits per heavy atom. The number of rotatable bonds is 3. The van der Waals surface area contributed by atoms with E-state index >= 15 is 0 Å². The fourth-order valence-corrected chi connectivity index (χ4v) is 2.95. The molecule has 0 radical (unpaired) electrons. The average molecular weight is 410 g/mol. The number of halogens is 5. The van der Waals surface area contributed by atoms with E-state index in [0.29, 0.717) is 4.47 Å². The molecule has 0 heterocycles. The molecule has 0 aromatic heterocycles. The lowest BCUT2D eigenvalue weighted by Crippen LogP contribution is -2.03. The van der Waals surface area contributed by atoms with Crippen molar-refractivity contribution in [3.8, 4) is 5.75 Å². The van der Waals surface area contributed by atoms with Crippen LogP contribution in [-0.2, 0) is 0 Å². The van der Waals surface area contributed by atoms with Gasteiger partial charge in [0.15, 0.2) is 0 Å². The third-order valence-electron chi connectivity index (χ3n) is 2.77. The van der Waals surface area contributed by atoms with Gasteiger partial charge in [-0.1, -0.05) is 31.9 Å². The molecule has 2 aromatic rings. The van der Waals surface area contributed by atoms with Gasteiger partial charge in [-0.2, -0.15) is 0 Å². The SMILES string of the molecule is COc1cc(F)c(C(Br)c2cc(Br)ccc2F)c(F)c1. The summed E-state index contributed by atoms with van der Waals surface area (Å²) in [6, 6.07) is 6.33. The van der Waals surface area contributed by atoms with E-state index in [0.717, 1.165) is 12.1 Å². The zero-order valence-corrected chi connectivity index (χ0v) is 13.4. The molecule has 2 rings (SSSR count). The Bertz CT molecular complexity index is 623. The molecule has 1 atom stereocenters. The van der Waals surface area contributed by atoms with E-state index in [1.54, 1.807) is 0 Å². The standard InChI is InChI=1S/C14H9Br2F3O/c1-20-8-5-11(18)13(12(19)6-8)14(16)9-4-7(15)2-3-10(9)17/h2-6,14H,1H3. The van der Waals surface area contributed by atoms with Crippen LogP contribution in [0.4, 0.5) is 13.2 Å². The maximum atomic E-state index is 14.0. The summed E-state index contributed by atoms with van der Waals surface area (Å²) in [6.07, 6.45) is 0. The minimum Gasteiger partial charge on any atom is -0.497 e. The molecule has 106 valence electrons. The van der Waals surface area contributed by atoms with Gasteiger partial charge in [0.2, 0.25) is 0 Å². The normalized spacial score (nSPS) is 12.3. The van der Waals surface area contributed by atoms with Crippen molar-refractivity contribution in [3.05, 3.63) is 63.4 Å². The van der Waals surface area contributed by atoms with Gasteiger partial charge in [0, 0.05) is 27.7 Å². The fourth-order valence-electron chi connectivity index (χ4n) is 1.79. The molecule has 1 unspecified atom stereocenters. The number of hydrogen-bond donors (Lipinski definition) is 0. The first-order chi connectivity index (χ1) is 9.43. The first kappa shape index (κ1) is 15.4. The van der Waals surface area contributed by atoms with Gasteiger partial charge >= 0.3 is 0 Å². The smallest absolute Gasteiger partial charge is 0.134 e. The number of hydrogen-bond acceptors (Lipinski definition) is 1. The van der Waals surface area contributed by atoms with Gasteiger partial charge in [-0.3, -0.25) is 0 Å². The van der Waals surface area contributed by atoms with Crippen molar-refractivity contribution in [2.24, 2.45) is 0 Å². The molecular formula is C14H9Br2F3O. The van der Waals surface area contributed by atoms with E-state index in [4.69, 9.17) is 4.74 Å². The molecule has 0 saturated carbocycles. The molecule has 0 fully saturated rings. The minimum absolute atomic E-state index is 0.0677. The summed E-state index contributed by atoms with van der Waals surface area (Å²) >= 11 is 6.35. The monoisotopic (exact) mass is 408 g/mol. The molecule has 0 aliphatic rings. The maximum Gasteiger partial charge on any atom is 0.134 e. The lowest BCUT2D eigenvalue weighted by atomic mass is 10.0. The lowest BCUT2D eigenvalue weighted by molar-refractivity contribution is 0.405. The molecular weight excluding hydrogens is 401 g/mol. The van der Waals surface area contributed by atoms with E-state index in [-0.39, 0.29) is 16.9 Å². The van der Waals surface area contributed by atoms with Crippen LogP contribution in [0.5, 0.6) is 5.75 Å². The van der Waals surface area contributed by atoms with Gasteiger partial charge < -0.3 is 4.74 Å². The van der Waals surface area contributed by atoms with Crippen molar-refractivity contribution < 1.29 is 17.9 Å². The van der Waals surface area contributed by atoms with Crippen LogP contribution < -0.4 is 4.74 Å². The molecule has 0 aliphatic carbocycles. The molecule has 0 saturated heterocycles. The fraction of sp³-hybridized carbons (Fsp3) is 0.143. The molecule has 0 amide bonds. The summed E-state index contributed by atoms with van der Waals surface area (Å²) in [5.41, 5.74) is -0.120. The van der Waals surface area contributed by atoms with Gasteiger partial charge in [-0.15, -0.1) is 0 Å². The van der Waals surface area contributed by atoms with Gasteiger partial charge in [0.05, 0.1) is 11.9 Å². The van der Waals surface area contributed by atoms with Crippen LogP contribution in [0.3, 0.4) is 0 Å². The third kappa shape index (κ3) is 3.01. The topological polar surface area (TPSA) is 9.23 Å². The highest BCUT2D eigenvalue weighted by Crippen LogP contribution is 2.37. The van der Waals surface area contributed by atoms with Crippen LogP contribution in [-0.4, -0.2) is 7.11 Å². The number of ether oxygens (including phenoxy) is 1. The number of benzene rings is 2. The zero-order chi connectivity index (χ0) is 14.9. The summed E-state index contributed by atoms with van der Waals surface area (Å²) in [5, 5.41) is 0. The molecule has 1 nitrogen and oxygen atoms in total. The summed E-state index contributed by atoms with van der Waals surface area (Å²) in [6.45, 7) is 0. The van der Waals surface area contributed by atoms with Crippen LogP contribution in [0.2, 0.25) is 0 Å². The summed E-state index contributed by atoms with van der Waals surface area (Å²) in [4.78, 5) is -0.939. The Morgan fingerprint density at radius 2 is 1.60 bits per heavy atom. The Balaban J connectivity index is 2.53. The van der Waals surface area contributed by atoms with Crippen LogP contribution >= 0.6 is 31.9 Å². The zero-order valence-electron chi connectivity index (χ0n) is 10.3. The van der Waals surface area contributed by atoms with Crippen LogP contribution in [0.15, 0.2) is 34.8 Å². The molecule has 0 N–H and O–H groups in total. The predicted octanol–water partition coefficient (Wildman–Crippen LogP) is 5.36. The van der Waals surface area contributed by atoms with Crippen molar-refractivity contribution in [1.82, 2.24) is 0 Å². The van der Waals surface area contributed by atoms with E-state index in [1.807, 2.05) is 0 Å². The van der Waals surface area contributed by atoms with Crippen LogP contribution in [0, 0.1) is 17.5 Å². The lowest BCUT2D eigenvalue weighted by Gasteiger charge is -2.15. The van der Waals surface area contributed by atoms with Gasteiger partial charge in [-0.25, -0.2) is 13.2 Å². The van der Waals surface area contributed by atoms with E-state index in [2.05, 4.69) is 31.9 Å². The number of methoxy groups -OCH3 is 1. The highest BCUT2D eigenvalue weighted by Gasteiger charge is 2.23. The van der Waals surface area contributed by atoms with Crippen molar-refractivity contribution >= 4 is 31.9 Å². The Hall–Kier alpha value is -1.01. The Kier molecular flexibility index (Phi) is 4.75. The summed E-state index contributed by atoms with van der Waals surface area (Å²) < 4.78 is 47.2. The van der Waals surface area contributed by atoms with Gasteiger partial charge in [-0.05, 0) is 18.2 Å². The molecule has 2 aromatic carbocycles. The van der Waals surface area contributed by atoms with Gasteiger partial charge in [0.1, 0.15) is 23.2 Å². The second-order valence-corrected chi connectivity index (χ2v) is 5.86.